The number of halogens is 1. The Hall–Kier alpha value is -2.36. The number of thioether (sulfide) groups is 1. The first-order valence-electron chi connectivity index (χ1n) is 10.2. The summed E-state index contributed by atoms with van der Waals surface area (Å²) in [5.74, 6) is 0.374. The zero-order chi connectivity index (χ0) is 22.7. The van der Waals surface area contributed by atoms with Crippen LogP contribution in [0.5, 0.6) is 0 Å². The molecule has 0 bridgehead atoms. The molecular formula is C22H23ClN4O3S2. The van der Waals surface area contributed by atoms with Crippen LogP contribution in [-0.2, 0) is 35.8 Å². The lowest BCUT2D eigenvalue weighted by Crippen LogP contribution is -2.17. The number of esters is 1. The van der Waals surface area contributed by atoms with E-state index in [1.807, 2.05) is 35.9 Å². The number of rotatable bonds is 7. The van der Waals surface area contributed by atoms with Crippen molar-refractivity contribution in [2.24, 2.45) is 7.05 Å². The molecule has 32 heavy (non-hydrogen) atoms. The summed E-state index contributed by atoms with van der Waals surface area (Å²) >= 11 is 8.73. The SMILES string of the molecule is COC(=O)c1c(NC(=O)CSc2nnc(Cc3ccc(Cl)cc3)n2C)sc2c1CCCC2. The van der Waals surface area contributed by atoms with Gasteiger partial charge in [0.1, 0.15) is 10.8 Å². The molecule has 0 unspecified atom stereocenters. The van der Waals surface area contributed by atoms with Gasteiger partial charge in [-0.25, -0.2) is 4.79 Å². The average Bonchev–Trinajstić information content (AvgIpc) is 3.33. The first-order chi connectivity index (χ1) is 15.5. The molecule has 10 heteroatoms. The predicted molar refractivity (Wildman–Crippen MR) is 127 cm³/mol. The number of carbonyl (C=O) groups excluding carboxylic acids is 2. The van der Waals surface area contributed by atoms with E-state index < -0.39 is 5.97 Å². The van der Waals surface area contributed by atoms with Crippen molar-refractivity contribution in [3.05, 3.63) is 56.7 Å². The highest BCUT2D eigenvalue weighted by atomic mass is 35.5. The van der Waals surface area contributed by atoms with Gasteiger partial charge in [-0.3, -0.25) is 4.79 Å². The third kappa shape index (κ3) is 5.00. The van der Waals surface area contributed by atoms with E-state index in [4.69, 9.17) is 16.3 Å². The van der Waals surface area contributed by atoms with Crippen molar-refractivity contribution in [2.75, 3.05) is 18.2 Å². The molecule has 7 nitrogen and oxygen atoms in total. The van der Waals surface area contributed by atoms with Gasteiger partial charge in [0.25, 0.3) is 0 Å². The highest BCUT2D eigenvalue weighted by Gasteiger charge is 2.27. The van der Waals surface area contributed by atoms with Gasteiger partial charge in [0, 0.05) is 23.4 Å². The standard InChI is InChI=1S/C22H23ClN4O3S2/c1-27-17(11-13-7-9-14(23)10-8-13)25-26-22(27)31-12-18(28)24-20-19(21(29)30-2)15-5-3-4-6-16(15)32-20/h7-10H,3-6,11-12H2,1-2H3,(H,24,28). The second kappa shape index (κ2) is 10.1. The molecule has 168 valence electrons. The van der Waals surface area contributed by atoms with Gasteiger partial charge in [-0.1, -0.05) is 35.5 Å². The molecule has 1 amide bonds. The van der Waals surface area contributed by atoms with Crippen LogP contribution in [0.3, 0.4) is 0 Å². The number of aryl methyl sites for hydroxylation is 1. The van der Waals surface area contributed by atoms with Crippen molar-refractivity contribution >= 4 is 51.6 Å². The first kappa shape index (κ1) is 22.8. The number of thiophene rings is 1. The third-order valence-electron chi connectivity index (χ3n) is 5.35. The highest BCUT2D eigenvalue weighted by molar-refractivity contribution is 7.99. The fraction of sp³-hybridized carbons (Fsp3) is 0.364. The van der Waals surface area contributed by atoms with E-state index in [-0.39, 0.29) is 11.7 Å². The van der Waals surface area contributed by atoms with Gasteiger partial charge in [-0.2, -0.15) is 0 Å². The number of benzene rings is 1. The van der Waals surface area contributed by atoms with E-state index in [1.165, 1.54) is 35.1 Å². The van der Waals surface area contributed by atoms with Crippen LogP contribution in [-0.4, -0.2) is 39.5 Å². The van der Waals surface area contributed by atoms with Crippen LogP contribution in [0.1, 0.15) is 45.0 Å². The molecule has 1 aliphatic carbocycles. The van der Waals surface area contributed by atoms with E-state index in [0.29, 0.717) is 27.2 Å². The summed E-state index contributed by atoms with van der Waals surface area (Å²) in [5.41, 5.74) is 2.61. The molecule has 0 fully saturated rings. The van der Waals surface area contributed by atoms with E-state index in [0.717, 1.165) is 42.6 Å². The summed E-state index contributed by atoms with van der Waals surface area (Å²) in [7, 11) is 3.25. The fourth-order valence-corrected chi connectivity index (χ4v) is 5.82. The van der Waals surface area contributed by atoms with Crippen molar-refractivity contribution in [1.82, 2.24) is 14.8 Å². The molecule has 1 aliphatic rings. The molecule has 4 rings (SSSR count). The minimum atomic E-state index is -0.396. The maximum Gasteiger partial charge on any atom is 0.341 e. The normalized spacial score (nSPS) is 13.0. The van der Waals surface area contributed by atoms with Crippen molar-refractivity contribution in [3.63, 3.8) is 0 Å². The number of amides is 1. The molecule has 3 aromatic rings. The minimum absolute atomic E-state index is 0.163. The lowest BCUT2D eigenvalue weighted by atomic mass is 9.95. The Balaban J connectivity index is 1.41. The molecule has 1 aromatic carbocycles. The summed E-state index contributed by atoms with van der Waals surface area (Å²) in [6.07, 6.45) is 4.54. The number of ether oxygens (including phenoxy) is 1. The molecule has 0 aliphatic heterocycles. The first-order valence-corrected chi connectivity index (χ1v) is 12.4. The lowest BCUT2D eigenvalue weighted by Gasteiger charge is -2.11. The van der Waals surface area contributed by atoms with Crippen LogP contribution in [0.2, 0.25) is 5.02 Å². The average molecular weight is 491 g/mol. The van der Waals surface area contributed by atoms with Gasteiger partial charge < -0.3 is 14.6 Å². The van der Waals surface area contributed by atoms with Crippen molar-refractivity contribution < 1.29 is 14.3 Å². The second-order valence-corrected chi connectivity index (χ2v) is 9.99. The van der Waals surface area contributed by atoms with Gasteiger partial charge in [-0.05, 0) is 48.9 Å². The maximum absolute atomic E-state index is 12.7. The summed E-state index contributed by atoms with van der Waals surface area (Å²) in [4.78, 5) is 26.2. The van der Waals surface area contributed by atoms with Gasteiger partial charge in [0.2, 0.25) is 5.91 Å². The Morgan fingerprint density at radius 3 is 2.72 bits per heavy atom. The van der Waals surface area contributed by atoms with Crippen molar-refractivity contribution in [1.29, 1.82) is 0 Å². The minimum Gasteiger partial charge on any atom is -0.465 e. The van der Waals surface area contributed by atoms with Crippen LogP contribution < -0.4 is 5.32 Å². The number of fused-ring (bicyclic) bond motifs is 1. The van der Waals surface area contributed by atoms with Gasteiger partial charge in [0.05, 0.1) is 18.4 Å². The van der Waals surface area contributed by atoms with E-state index >= 15 is 0 Å². The molecule has 0 saturated carbocycles. The fourth-order valence-electron chi connectivity index (χ4n) is 3.67. The largest absolute Gasteiger partial charge is 0.465 e. The van der Waals surface area contributed by atoms with Crippen LogP contribution >= 0.6 is 34.7 Å². The number of methoxy groups -OCH3 is 1. The molecule has 0 spiro atoms. The Bertz CT molecular complexity index is 1140. The predicted octanol–water partition coefficient (Wildman–Crippen LogP) is 4.52. The zero-order valence-corrected chi connectivity index (χ0v) is 20.2. The molecule has 2 heterocycles. The van der Waals surface area contributed by atoms with Gasteiger partial charge in [0.15, 0.2) is 5.16 Å². The number of carbonyl (C=O) groups is 2. The summed E-state index contributed by atoms with van der Waals surface area (Å²) < 4.78 is 6.85. The Morgan fingerprint density at radius 2 is 1.97 bits per heavy atom. The third-order valence-corrected chi connectivity index (χ3v) is 7.83. The Kier molecular flexibility index (Phi) is 7.17. The molecular weight excluding hydrogens is 468 g/mol. The Labute approximate surface area is 199 Å². The number of hydrogen-bond donors (Lipinski definition) is 1. The molecule has 0 saturated heterocycles. The summed E-state index contributed by atoms with van der Waals surface area (Å²) in [6, 6.07) is 7.60. The number of anilines is 1. The smallest absolute Gasteiger partial charge is 0.341 e. The summed E-state index contributed by atoms with van der Waals surface area (Å²) in [6.45, 7) is 0. The van der Waals surface area contributed by atoms with Crippen LogP contribution in [0.15, 0.2) is 29.4 Å². The number of nitrogens with zero attached hydrogens (tertiary/aromatic N) is 3. The number of aromatic nitrogens is 3. The van der Waals surface area contributed by atoms with Crippen molar-refractivity contribution in [3.8, 4) is 0 Å². The number of nitrogens with one attached hydrogen (secondary N) is 1. The topological polar surface area (TPSA) is 86.1 Å². The quantitative estimate of drug-likeness (QED) is 0.387. The van der Waals surface area contributed by atoms with Gasteiger partial charge in [-0.15, -0.1) is 21.5 Å². The lowest BCUT2D eigenvalue weighted by molar-refractivity contribution is -0.113. The molecule has 1 N–H and O–H groups in total. The van der Waals surface area contributed by atoms with Crippen LogP contribution in [0, 0.1) is 0 Å². The van der Waals surface area contributed by atoms with Crippen molar-refractivity contribution in [2.45, 2.75) is 37.3 Å². The van der Waals surface area contributed by atoms with Crippen LogP contribution in [0.4, 0.5) is 5.00 Å². The summed E-state index contributed by atoms with van der Waals surface area (Å²) in [5, 5.41) is 13.3. The second-order valence-electron chi connectivity index (χ2n) is 7.50. The molecule has 0 radical (unpaired) electrons. The maximum atomic E-state index is 12.7. The Morgan fingerprint density at radius 1 is 1.22 bits per heavy atom. The van der Waals surface area contributed by atoms with E-state index in [9.17, 15) is 9.59 Å². The monoisotopic (exact) mass is 490 g/mol. The van der Waals surface area contributed by atoms with Crippen LogP contribution in [0.25, 0.3) is 0 Å². The molecule has 0 atom stereocenters. The van der Waals surface area contributed by atoms with E-state index in [1.54, 1.807) is 0 Å². The zero-order valence-electron chi connectivity index (χ0n) is 17.8. The number of hydrogen-bond acceptors (Lipinski definition) is 7. The van der Waals surface area contributed by atoms with Gasteiger partial charge >= 0.3 is 5.97 Å². The highest BCUT2D eigenvalue weighted by Crippen LogP contribution is 2.38. The van der Waals surface area contributed by atoms with E-state index in [2.05, 4.69) is 15.5 Å². The molecule has 2 aromatic heterocycles.